The number of nitrogens with zero attached hydrogens (tertiary/aromatic N) is 4. The third kappa shape index (κ3) is 7.02. The van der Waals surface area contributed by atoms with Crippen LogP contribution in [0.2, 0.25) is 0 Å². The van der Waals surface area contributed by atoms with Gasteiger partial charge in [-0.05, 0) is 112 Å². The number of amides is 2. The quantitative estimate of drug-likeness (QED) is 0.141. The largest absolute Gasteiger partial charge is 0.484 e. The van der Waals surface area contributed by atoms with Crippen LogP contribution in [-0.2, 0) is 9.59 Å². The summed E-state index contributed by atoms with van der Waals surface area (Å²) in [4.78, 5) is 44.6. The summed E-state index contributed by atoms with van der Waals surface area (Å²) >= 11 is 0. The summed E-state index contributed by atoms with van der Waals surface area (Å²) < 4.78 is 11.4. The highest BCUT2D eigenvalue weighted by molar-refractivity contribution is 5.88. The molecule has 0 aliphatic rings. The Morgan fingerprint density at radius 3 is 1.25 bits per heavy atom. The van der Waals surface area contributed by atoms with Crippen LogP contribution in [0.5, 0.6) is 11.5 Å². The van der Waals surface area contributed by atoms with Gasteiger partial charge in [0.1, 0.15) is 23.1 Å². The van der Waals surface area contributed by atoms with Crippen molar-refractivity contribution in [3.05, 3.63) is 84.9 Å². The molecule has 0 saturated carbocycles. The van der Waals surface area contributed by atoms with Gasteiger partial charge in [-0.2, -0.15) is 0 Å². The molecule has 0 aliphatic carbocycles. The SMILES string of the molecule is CCN(CC)C(=O)COc1ccc(-c2nc3cc(-c4ccc5[nH]c(-c6ccc(OCC(=O)N(CC)CC)cc6)nc5c4)ccc3[nH]2)cc1. The zero-order valence-corrected chi connectivity index (χ0v) is 27.7. The molecule has 0 saturated heterocycles. The summed E-state index contributed by atoms with van der Waals surface area (Å²) in [5.41, 5.74) is 7.51. The Morgan fingerprint density at radius 2 is 0.896 bits per heavy atom. The molecule has 10 heteroatoms. The number of nitrogens with one attached hydrogen (secondary N) is 2. The Balaban J connectivity index is 1.13. The molecule has 0 unspecified atom stereocenters. The van der Waals surface area contributed by atoms with E-state index in [0.717, 1.165) is 56.0 Å². The molecule has 6 aromatic rings. The highest BCUT2D eigenvalue weighted by Crippen LogP contribution is 2.30. The summed E-state index contributed by atoms with van der Waals surface area (Å²) in [7, 11) is 0. The van der Waals surface area contributed by atoms with Crippen molar-refractivity contribution in [3.63, 3.8) is 0 Å². The molecule has 0 spiro atoms. The van der Waals surface area contributed by atoms with Crippen LogP contribution in [0.25, 0.3) is 56.0 Å². The van der Waals surface area contributed by atoms with E-state index in [1.54, 1.807) is 9.80 Å². The maximum atomic E-state index is 12.3. The Kier molecular flexibility index (Phi) is 9.70. The molecular formula is C38H40N6O4. The molecule has 2 N–H and O–H groups in total. The monoisotopic (exact) mass is 644 g/mol. The van der Waals surface area contributed by atoms with Crippen LogP contribution in [0.15, 0.2) is 84.9 Å². The molecule has 6 rings (SSSR count). The fraction of sp³-hybridized carbons (Fsp3) is 0.263. The molecule has 0 aliphatic heterocycles. The number of carbonyl (C=O) groups is 2. The smallest absolute Gasteiger partial charge is 0.260 e. The van der Waals surface area contributed by atoms with Gasteiger partial charge in [0.05, 0.1) is 22.1 Å². The fourth-order valence-electron chi connectivity index (χ4n) is 5.69. The van der Waals surface area contributed by atoms with E-state index in [-0.39, 0.29) is 25.0 Å². The fourth-order valence-corrected chi connectivity index (χ4v) is 5.69. The first-order valence-electron chi connectivity index (χ1n) is 16.4. The first kappa shape index (κ1) is 32.3. The average molecular weight is 645 g/mol. The number of rotatable bonds is 13. The minimum Gasteiger partial charge on any atom is -0.484 e. The van der Waals surface area contributed by atoms with E-state index in [1.807, 2.05) is 88.4 Å². The van der Waals surface area contributed by atoms with Gasteiger partial charge in [0.2, 0.25) is 0 Å². The summed E-state index contributed by atoms with van der Waals surface area (Å²) in [6.07, 6.45) is 0. The number of ether oxygens (including phenoxy) is 2. The molecule has 4 aromatic carbocycles. The number of fused-ring (bicyclic) bond motifs is 2. The number of H-pyrrole nitrogens is 2. The van der Waals surface area contributed by atoms with Crippen molar-refractivity contribution < 1.29 is 19.1 Å². The maximum Gasteiger partial charge on any atom is 0.260 e. The van der Waals surface area contributed by atoms with Gasteiger partial charge in [0, 0.05) is 37.3 Å². The maximum absolute atomic E-state index is 12.3. The van der Waals surface area contributed by atoms with Gasteiger partial charge in [-0.15, -0.1) is 0 Å². The minimum absolute atomic E-state index is 0.0179. The molecular weight excluding hydrogens is 604 g/mol. The first-order valence-corrected chi connectivity index (χ1v) is 16.4. The Bertz CT molecular complexity index is 1880. The molecule has 2 heterocycles. The van der Waals surface area contributed by atoms with Gasteiger partial charge in [-0.1, -0.05) is 12.1 Å². The number of imidazole rings is 2. The summed E-state index contributed by atoms with van der Waals surface area (Å²) in [5.74, 6) is 2.74. The van der Waals surface area contributed by atoms with Crippen molar-refractivity contribution in [2.45, 2.75) is 27.7 Å². The lowest BCUT2D eigenvalue weighted by atomic mass is 10.0. The third-order valence-corrected chi connectivity index (χ3v) is 8.51. The number of hydrogen-bond donors (Lipinski definition) is 2. The highest BCUT2D eigenvalue weighted by Gasteiger charge is 2.13. The minimum atomic E-state index is -0.0259. The lowest BCUT2D eigenvalue weighted by molar-refractivity contribution is -0.133. The normalized spacial score (nSPS) is 11.2. The molecule has 0 atom stereocenters. The molecule has 2 aromatic heterocycles. The molecule has 48 heavy (non-hydrogen) atoms. The lowest BCUT2D eigenvalue weighted by Gasteiger charge is -2.18. The van der Waals surface area contributed by atoms with Gasteiger partial charge in [0.25, 0.3) is 11.8 Å². The molecule has 0 radical (unpaired) electrons. The zero-order chi connectivity index (χ0) is 33.6. The van der Waals surface area contributed by atoms with Gasteiger partial charge in [-0.3, -0.25) is 9.59 Å². The van der Waals surface area contributed by atoms with Crippen LogP contribution in [-0.4, -0.2) is 80.9 Å². The van der Waals surface area contributed by atoms with Crippen molar-refractivity contribution >= 4 is 33.9 Å². The summed E-state index contributed by atoms with van der Waals surface area (Å²) in [6, 6.07) is 27.6. The predicted octanol–water partition coefficient (Wildman–Crippen LogP) is 6.93. The van der Waals surface area contributed by atoms with Crippen molar-refractivity contribution in [1.82, 2.24) is 29.7 Å². The number of aromatic amines is 2. The van der Waals surface area contributed by atoms with Crippen molar-refractivity contribution in [3.8, 4) is 45.4 Å². The van der Waals surface area contributed by atoms with Crippen molar-refractivity contribution in [2.75, 3.05) is 39.4 Å². The lowest BCUT2D eigenvalue weighted by Crippen LogP contribution is -2.34. The van der Waals surface area contributed by atoms with E-state index < -0.39 is 0 Å². The van der Waals surface area contributed by atoms with E-state index in [4.69, 9.17) is 19.4 Å². The number of likely N-dealkylation sites (N-methyl/N-ethyl adjacent to an activating group) is 2. The Labute approximate surface area is 279 Å². The van der Waals surface area contributed by atoms with Gasteiger partial charge in [0.15, 0.2) is 13.2 Å². The predicted molar refractivity (Wildman–Crippen MR) is 189 cm³/mol. The van der Waals surface area contributed by atoms with Gasteiger partial charge in [-0.25, -0.2) is 9.97 Å². The standard InChI is InChI=1S/C38H40N6O4/c1-5-43(6-2)35(45)23-47-29-15-9-25(10-16-29)37-39-31-19-13-27(21-33(31)41-37)28-14-20-32-34(22-28)42-38(40-32)26-11-17-30(18-12-26)48-24-36(46)44(7-3)8-4/h9-22H,5-8,23-24H2,1-4H3,(H,39,41)(H,40,42). The van der Waals surface area contributed by atoms with Gasteiger partial charge < -0.3 is 29.2 Å². The topological polar surface area (TPSA) is 116 Å². The zero-order valence-electron chi connectivity index (χ0n) is 27.7. The Morgan fingerprint density at radius 1 is 0.542 bits per heavy atom. The second-order valence-corrected chi connectivity index (χ2v) is 11.4. The second-order valence-electron chi connectivity index (χ2n) is 11.4. The van der Waals surface area contributed by atoms with Crippen LogP contribution < -0.4 is 9.47 Å². The highest BCUT2D eigenvalue weighted by atomic mass is 16.5. The molecule has 2 amide bonds. The summed E-state index contributed by atoms with van der Waals surface area (Å²) in [6.45, 7) is 10.5. The van der Waals surface area contributed by atoms with Crippen LogP contribution in [0.3, 0.4) is 0 Å². The molecule has 246 valence electrons. The molecule has 0 fully saturated rings. The number of hydrogen-bond acceptors (Lipinski definition) is 6. The summed E-state index contributed by atoms with van der Waals surface area (Å²) in [5, 5.41) is 0. The van der Waals surface area contributed by atoms with E-state index in [9.17, 15) is 9.59 Å². The van der Waals surface area contributed by atoms with Crippen LogP contribution in [0.1, 0.15) is 27.7 Å². The second kappa shape index (κ2) is 14.4. The van der Waals surface area contributed by atoms with E-state index in [1.165, 1.54) is 0 Å². The van der Waals surface area contributed by atoms with Crippen molar-refractivity contribution in [2.24, 2.45) is 0 Å². The third-order valence-electron chi connectivity index (χ3n) is 8.51. The number of aromatic nitrogens is 4. The first-order chi connectivity index (χ1) is 23.4. The van der Waals surface area contributed by atoms with Crippen LogP contribution in [0, 0.1) is 0 Å². The average Bonchev–Trinajstić information content (AvgIpc) is 3.75. The van der Waals surface area contributed by atoms with E-state index >= 15 is 0 Å². The number of carbonyl (C=O) groups excluding carboxylic acids is 2. The van der Waals surface area contributed by atoms with Crippen LogP contribution >= 0.6 is 0 Å². The van der Waals surface area contributed by atoms with Crippen molar-refractivity contribution in [1.29, 1.82) is 0 Å². The van der Waals surface area contributed by atoms with E-state index in [0.29, 0.717) is 37.7 Å². The molecule has 10 nitrogen and oxygen atoms in total. The van der Waals surface area contributed by atoms with Gasteiger partial charge >= 0.3 is 0 Å². The number of benzene rings is 4. The van der Waals surface area contributed by atoms with E-state index in [2.05, 4.69) is 34.2 Å². The van der Waals surface area contributed by atoms with Crippen LogP contribution in [0.4, 0.5) is 0 Å². The Hall–Kier alpha value is -5.64. The molecule has 0 bridgehead atoms.